The summed E-state index contributed by atoms with van der Waals surface area (Å²) in [6.07, 6.45) is 5.27. The zero-order valence-corrected chi connectivity index (χ0v) is 11.1. The fraction of sp³-hybridized carbons (Fsp3) is 0.538. The SMILES string of the molecule is N#Cc1c(NC(=O)CCCCN)sc2c1CCC2. The van der Waals surface area contributed by atoms with Gasteiger partial charge in [-0.1, -0.05) is 0 Å². The molecule has 3 N–H and O–H groups in total. The zero-order valence-electron chi connectivity index (χ0n) is 10.3. The summed E-state index contributed by atoms with van der Waals surface area (Å²) in [5.41, 5.74) is 7.22. The lowest BCUT2D eigenvalue weighted by molar-refractivity contribution is -0.116. The van der Waals surface area contributed by atoms with E-state index in [9.17, 15) is 10.1 Å². The van der Waals surface area contributed by atoms with Gasteiger partial charge in [-0.2, -0.15) is 5.26 Å². The molecule has 1 heterocycles. The molecule has 0 radical (unpaired) electrons. The molecule has 1 aromatic rings. The standard InChI is InChI=1S/C13H17N3OS/c14-7-2-1-6-12(17)16-13-10(8-15)9-4-3-5-11(9)18-13/h1-7,14H2,(H,16,17). The molecule has 0 fully saturated rings. The van der Waals surface area contributed by atoms with Gasteiger partial charge in [0.25, 0.3) is 0 Å². The summed E-state index contributed by atoms with van der Waals surface area (Å²) < 4.78 is 0. The van der Waals surface area contributed by atoms with Gasteiger partial charge in [-0.15, -0.1) is 11.3 Å². The lowest BCUT2D eigenvalue weighted by Crippen LogP contribution is -2.12. The first-order chi connectivity index (χ1) is 8.76. The summed E-state index contributed by atoms with van der Waals surface area (Å²) in [5, 5.41) is 12.8. The Labute approximate surface area is 111 Å². The van der Waals surface area contributed by atoms with Crippen LogP contribution in [0.15, 0.2) is 0 Å². The van der Waals surface area contributed by atoms with Crippen LogP contribution in [-0.4, -0.2) is 12.5 Å². The molecule has 4 nitrogen and oxygen atoms in total. The van der Waals surface area contributed by atoms with Crippen molar-refractivity contribution in [1.82, 2.24) is 0 Å². The first kappa shape index (κ1) is 13.1. The Morgan fingerprint density at radius 3 is 3.00 bits per heavy atom. The summed E-state index contributed by atoms with van der Waals surface area (Å²) in [7, 11) is 0. The zero-order chi connectivity index (χ0) is 13.0. The summed E-state index contributed by atoms with van der Waals surface area (Å²) >= 11 is 1.56. The van der Waals surface area contributed by atoms with Crippen LogP contribution in [0.2, 0.25) is 0 Å². The molecule has 0 aliphatic heterocycles. The number of fused-ring (bicyclic) bond motifs is 1. The van der Waals surface area contributed by atoms with Crippen molar-refractivity contribution in [2.75, 3.05) is 11.9 Å². The Balaban J connectivity index is 2.02. The van der Waals surface area contributed by atoms with E-state index in [1.54, 1.807) is 11.3 Å². The lowest BCUT2D eigenvalue weighted by Gasteiger charge is -2.03. The van der Waals surface area contributed by atoms with E-state index in [1.807, 2.05) is 0 Å². The molecule has 0 aromatic carbocycles. The highest BCUT2D eigenvalue weighted by Crippen LogP contribution is 2.38. The monoisotopic (exact) mass is 263 g/mol. The molecule has 0 bridgehead atoms. The topological polar surface area (TPSA) is 78.9 Å². The molecule has 0 saturated carbocycles. The van der Waals surface area contributed by atoms with E-state index in [2.05, 4.69) is 11.4 Å². The quantitative estimate of drug-likeness (QED) is 0.799. The number of unbranched alkanes of at least 4 members (excludes halogenated alkanes) is 1. The molecule has 1 aromatic heterocycles. The van der Waals surface area contributed by atoms with Crippen molar-refractivity contribution in [2.24, 2.45) is 5.73 Å². The molecule has 0 atom stereocenters. The number of thiophene rings is 1. The van der Waals surface area contributed by atoms with Crippen molar-refractivity contribution in [1.29, 1.82) is 5.26 Å². The summed E-state index contributed by atoms with van der Waals surface area (Å²) in [5.74, 6) is -0.0140. The maximum atomic E-state index is 11.7. The minimum atomic E-state index is -0.0140. The third kappa shape index (κ3) is 2.71. The van der Waals surface area contributed by atoms with E-state index in [4.69, 9.17) is 5.73 Å². The van der Waals surface area contributed by atoms with E-state index in [1.165, 1.54) is 4.88 Å². The highest BCUT2D eigenvalue weighted by Gasteiger charge is 2.22. The normalized spacial score (nSPS) is 13.1. The molecule has 0 unspecified atom stereocenters. The van der Waals surface area contributed by atoms with Crippen molar-refractivity contribution < 1.29 is 4.79 Å². The Kier molecular flexibility index (Phi) is 4.34. The summed E-state index contributed by atoms with van der Waals surface area (Å²) in [6.45, 7) is 0.615. The van der Waals surface area contributed by atoms with Crippen LogP contribution in [0.1, 0.15) is 41.7 Å². The number of hydrogen-bond donors (Lipinski definition) is 2. The number of carbonyl (C=O) groups excluding carboxylic acids is 1. The first-order valence-electron chi connectivity index (χ1n) is 6.30. The highest BCUT2D eigenvalue weighted by atomic mass is 32.1. The Bertz CT molecular complexity index is 487. The molecule has 0 spiro atoms. The van der Waals surface area contributed by atoms with E-state index in [0.717, 1.165) is 42.7 Å². The van der Waals surface area contributed by atoms with Crippen molar-refractivity contribution in [3.05, 3.63) is 16.0 Å². The van der Waals surface area contributed by atoms with Gasteiger partial charge in [0.15, 0.2) is 0 Å². The van der Waals surface area contributed by atoms with Gasteiger partial charge in [-0.05, 0) is 44.2 Å². The molecule has 96 valence electrons. The van der Waals surface area contributed by atoms with Crippen molar-refractivity contribution >= 4 is 22.2 Å². The minimum absolute atomic E-state index is 0.0140. The molecule has 1 aliphatic rings. The molecular formula is C13H17N3OS. The van der Waals surface area contributed by atoms with Crippen LogP contribution in [0.25, 0.3) is 0 Å². The van der Waals surface area contributed by atoms with Crippen LogP contribution in [0, 0.1) is 11.3 Å². The number of nitrogens with two attached hydrogens (primary N) is 1. The number of nitriles is 1. The van der Waals surface area contributed by atoms with Crippen molar-refractivity contribution in [3.63, 3.8) is 0 Å². The van der Waals surface area contributed by atoms with Gasteiger partial charge in [0.2, 0.25) is 5.91 Å². The number of rotatable bonds is 5. The van der Waals surface area contributed by atoms with Gasteiger partial charge in [0.1, 0.15) is 11.1 Å². The number of anilines is 1. The van der Waals surface area contributed by atoms with Crippen molar-refractivity contribution in [3.8, 4) is 6.07 Å². The van der Waals surface area contributed by atoms with Gasteiger partial charge >= 0.3 is 0 Å². The molecule has 18 heavy (non-hydrogen) atoms. The molecule has 1 amide bonds. The smallest absolute Gasteiger partial charge is 0.225 e. The first-order valence-corrected chi connectivity index (χ1v) is 7.12. The van der Waals surface area contributed by atoms with Gasteiger partial charge in [-0.3, -0.25) is 4.79 Å². The molecule has 1 aliphatic carbocycles. The van der Waals surface area contributed by atoms with Crippen molar-refractivity contribution in [2.45, 2.75) is 38.5 Å². The summed E-state index contributed by atoms with van der Waals surface area (Å²) in [4.78, 5) is 13.0. The summed E-state index contributed by atoms with van der Waals surface area (Å²) in [6, 6.07) is 2.22. The van der Waals surface area contributed by atoms with Gasteiger partial charge < -0.3 is 11.1 Å². The van der Waals surface area contributed by atoms with E-state index in [0.29, 0.717) is 18.5 Å². The Morgan fingerprint density at radius 1 is 1.44 bits per heavy atom. The van der Waals surface area contributed by atoms with E-state index in [-0.39, 0.29) is 5.91 Å². The van der Waals surface area contributed by atoms with Crippen LogP contribution in [-0.2, 0) is 17.6 Å². The maximum absolute atomic E-state index is 11.7. The van der Waals surface area contributed by atoms with E-state index >= 15 is 0 Å². The second-order valence-electron chi connectivity index (χ2n) is 4.47. The highest BCUT2D eigenvalue weighted by molar-refractivity contribution is 7.16. The lowest BCUT2D eigenvalue weighted by atomic mass is 10.1. The molecule has 0 saturated heterocycles. The average molecular weight is 263 g/mol. The number of amides is 1. The van der Waals surface area contributed by atoms with Gasteiger partial charge in [0, 0.05) is 11.3 Å². The fourth-order valence-corrected chi connectivity index (χ4v) is 3.49. The minimum Gasteiger partial charge on any atom is -0.330 e. The molecule has 2 rings (SSSR count). The molecule has 5 heteroatoms. The Morgan fingerprint density at radius 2 is 2.28 bits per heavy atom. The largest absolute Gasteiger partial charge is 0.330 e. The third-order valence-corrected chi connectivity index (χ3v) is 4.35. The third-order valence-electron chi connectivity index (χ3n) is 3.14. The van der Waals surface area contributed by atoms with Crippen LogP contribution in [0.4, 0.5) is 5.00 Å². The number of carbonyl (C=O) groups is 1. The van der Waals surface area contributed by atoms with Gasteiger partial charge in [0.05, 0.1) is 5.56 Å². The molecular weight excluding hydrogens is 246 g/mol. The number of nitrogens with zero attached hydrogens (tertiary/aromatic N) is 1. The van der Waals surface area contributed by atoms with Gasteiger partial charge in [-0.25, -0.2) is 0 Å². The van der Waals surface area contributed by atoms with Crippen LogP contribution < -0.4 is 11.1 Å². The van der Waals surface area contributed by atoms with Crippen LogP contribution >= 0.6 is 11.3 Å². The number of nitrogens with one attached hydrogen (secondary N) is 1. The predicted octanol–water partition coefficient (Wildman–Crippen LogP) is 2.18. The fourth-order valence-electron chi connectivity index (χ4n) is 2.23. The second kappa shape index (κ2) is 5.98. The second-order valence-corrected chi connectivity index (χ2v) is 5.57. The maximum Gasteiger partial charge on any atom is 0.225 e. The van der Waals surface area contributed by atoms with Crippen LogP contribution in [0.5, 0.6) is 0 Å². The average Bonchev–Trinajstić information content (AvgIpc) is 2.89. The van der Waals surface area contributed by atoms with E-state index < -0.39 is 0 Å². The predicted molar refractivity (Wildman–Crippen MR) is 72.6 cm³/mol. The van der Waals surface area contributed by atoms with Crippen LogP contribution in [0.3, 0.4) is 0 Å². The number of aryl methyl sites for hydroxylation is 1. The Hall–Kier alpha value is -1.38. The number of hydrogen-bond acceptors (Lipinski definition) is 4.